The summed E-state index contributed by atoms with van der Waals surface area (Å²) in [6.45, 7) is 4.97. The van der Waals surface area contributed by atoms with Crippen molar-refractivity contribution in [2.75, 3.05) is 5.32 Å². The lowest BCUT2D eigenvalue weighted by Gasteiger charge is -2.15. The van der Waals surface area contributed by atoms with Gasteiger partial charge in [-0.2, -0.15) is 18.3 Å². The Labute approximate surface area is 180 Å². The maximum atomic E-state index is 13.2. The Bertz CT molecular complexity index is 1400. The molecule has 4 rings (SSSR count). The predicted octanol–water partition coefficient (Wildman–Crippen LogP) is 4.13. The van der Waals surface area contributed by atoms with E-state index in [9.17, 15) is 22.8 Å². The summed E-state index contributed by atoms with van der Waals surface area (Å²) in [6, 6.07) is 6.40. The van der Waals surface area contributed by atoms with Gasteiger partial charge >= 0.3 is 6.18 Å². The summed E-state index contributed by atoms with van der Waals surface area (Å²) < 4.78 is 42.3. The molecular weight excluding hydrogens is 423 g/mol. The van der Waals surface area contributed by atoms with Crippen molar-refractivity contribution in [2.24, 2.45) is 0 Å². The van der Waals surface area contributed by atoms with E-state index in [0.29, 0.717) is 11.4 Å². The van der Waals surface area contributed by atoms with E-state index in [0.717, 1.165) is 34.2 Å². The van der Waals surface area contributed by atoms with Crippen LogP contribution in [0.5, 0.6) is 0 Å². The highest BCUT2D eigenvalue weighted by molar-refractivity contribution is 5.91. The lowest BCUT2D eigenvalue weighted by atomic mass is 10.0. The van der Waals surface area contributed by atoms with Crippen LogP contribution in [-0.2, 0) is 17.5 Å². The summed E-state index contributed by atoms with van der Waals surface area (Å²) >= 11 is 0. The van der Waals surface area contributed by atoms with Gasteiger partial charge in [-0.15, -0.1) is 0 Å². The van der Waals surface area contributed by atoms with Crippen molar-refractivity contribution in [2.45, 2.75) is 39.4 Å². The van der Waals surface area contributed by atoms with E-state index in [1.807, 2.05) is 11.3 Å². The molecule has 0 saturated heterocycles. The molecule has 1 aromatic carbocycles. The second-order valence-corrected chi connectivity index (χ2v) is 7.80. The van der Waals surface area contributed by atoms with Crippen LogP contribution in [0.15, 0.2) is 47.5 Å². The first-order valence-electron chi connectivity index (χ1n) is 9.90. The van der Waals surface area contributed by atoms with Crippen molar-refractivity contribution < 1.29 is 18.0 Å². The summed E-state index contributed by atoms with van der Waals surface area (Å²) in [5, 5.41) is 7.21. The molecule has 0 aliphatic heterocycles. The smallest absolute Gasteiger partial charge is 0.323 e. The minimum Gasteiger partial charge on any atom is -0.323 e. The molecular formula is C22H20F3N5O2. The number of carbonyl (C=O) groups is 1. The second kappa shape index (κ2) is 7.77. The Kier molecular flexibility index (Phi) is 5.23. The van der Waals surface area contributed by atoms with Crippen molar-refractivity contribution in [1.29, 1.82) is 0 Å². The number of pyridine rings is 1. The quantitative estimate of drug-likeness (QED) is 0.514. The molecule has 0 saturated carbocycles. The molecule has 0 aliphatic carbocycles. The zero-order valence-corrected chi connectivity index (χ0v) is 17.6. The van der Waals surface area contributed by atoms with Crippen molar-refractivity contribution >= 4 is 28.0 Å². The fourth-order valence-corrected chi connectivity index (χ4v) is 3.61. The number of fused-ring (bicyclic) bond motifs is 2. The number of carbonyl (C=O) groups excluding carboxylic acids is 1. The standard InChI is InChI=1S/C22H20F3N5O2/c1-12(2)20-16-10-14(22(23,24)25)4-5-15(16)21(32)30(28-20)11-19(31)27-17-6-7-18-26-8-9-29(18)13(17)3/h4-10,12H,11H2,1-3H3,(H,27,31). The number of amides is 1. The van der Waals surface area contributed by atoms with Gasteiger partial charge in [-0.1, -0.05) is 13.8 Å². The van der Waals surface area contributed by atoms with Gasteiger partial charge in [0.15, 0.2) is 0 Å². The van der Waals surface area contributed by atoms with E-state index in [-0.39, 0.29) is 23.2 Å². The number of hydrogen-bond donors (Lipinski definition) is 1. The van der Waals surface area contributed by atoms with Crippen molar-refractivity contribution in [3.8, 4) is 0 Å². The summed E-state index contributed by atoms with van der Waals surface area (Å²) in [5.41, 5.74) is 0.870. The lowest BCUT2D eigenvalue weighted by Crippen LogP contribution is -2.31. The third-order valence-electron chi connectivity index (χ3n) is 5.25. The van der Waals surface area contributed by atoms with E-state index in [2.05, 4.69) is 15.4 Å². The Balaban J connectivity index is 1.70. The van der Waals surface area contributed by atoms with Crippen LogP contribution < -0.4 is 10.9 Å². The van der Waals surface area contributed by atoms with Gasteiger partial charge in [0.1, 0.15) is 12.2 Å². The van der Waals surface area contributed by atoms with E-state index in [1.54, 1.807) is 38.4 Å². The van der Waals surface area contributed by atoms with Crippen LogP contribution in [0.25, 0.3) is 16.4 Å². The first-order chi connectivity index (χ1) is 15.1. The Morgan fingerprint density at radius 3 is 2.59 bits per heavy atom. The molecule has 0 bridgehead atoms. The lowest BCUT2D eigenvalue weighted by molar-refractivity contribution is -0.137. The van der Waals surface area contributed by atoms with Crippen LogP contribution in [0.3, 0.4) is 0 Å². The molecule has 3 aromatic heterocycles. The van der Waals surface area contributed by atoms with Gasteiger partial charge in [0.05, 0.1) is 22.3 Å². The number of aromatic nitrogens is 4. The van der Waals surface area contributed by atoms with Crippen molar-refractivity contribution in [3.63, 3.8) is 0 Å². The SMILES string of the molecule is Cc1c(NC(=O)Cn2nc(C(C)C)c3cc(C(F)(F)F)ccc3c2=O)ccc2nccn12. The molecule has 7 nitrogen and oxygen atoms in total. The average molecular weight is 443 g/mol. The average Bonchev–Trinajstić information content (AvgIpc) is 3.20. The molecule has 0 unspecified atom stereocenters. The minimum atomic E-state index is -4.54. The van der Waals surface area contributed by atoms with Gasteiger partial charge in [0.2, 0.25) is 5.91 Å². The zero-order valence-electron chi connectivity index (χ0n) is 17.6. The Morgan fingerprint density at radius 1 is 1.16 bits per heavy atom. The van der Waals surface area contributed by atoms with Gasteiger partial charge in [-0.3, -0.25) is 9.59 Å². The Hall–Kier alpha value is -3.69. The van der Waals surface area contributed by atoms with Gasteiger partial charge in [0.25, 0.3) is 5.56 Å². The summed E-state index contributed by atoms with van der Waals surface area (Å²) in [5.74, 6) is -0.745. The molecule has 166 valence electrons. The van der Waals surface area contributed by atoms with Crippen LogP contribution in [0.1, 0.15) is 36.7 Å². The summed E-state index contributed by atoms with van der Waals surface area (Å²) in [7, 11) is 0. The number of hydrogen-bond acceptors (Lipinski definition) is 4. The number of nitrogens with one attached hydrogen (secondary N) is 1. The van der Waals surface area contributed by atoms with Crippen LogP contribution in [-0.4, -0.2) is 25.1 Å². The molecule has 0 spiro atoms. The number of aryl methyl sites for hydroxylation is 1. The zero-order chi connectivity index (χ0) is 23.2. The molecule has 0 radical (unpaired) electrons. The highest BCUT2D eigenvalue weighted by Gasteiger charge is 2.31. The third-order valence-corrected chi connectivity index (χ3v) is 5.25. The number of imidazole rings is 1. The summed E-state index contributed by atoms with van der Waals surface area (Å²) in [4.78, 5) is 29.7. The largest absolute Gasteiger partial charge is 0.416 e. The molecule has 0 fully saturated rings. The topological polar surface area (TPSA) is 81.3 Å². The maximum Gasteiger partial charge on any atom is 0.416 e. The number of nitrogens with zero attached hydrogens (tertiary/aromatic N) is 4. The van der Waals surface area contributed by atoms with Crippen LogP contribution in [0, 0.1) is 6.92 Å². The Morgan fingerprint density at radius 2 is 1.91 bits per heavy atom. The van der Waals surface area contributed by atoms with Gasteiger partial charge in [-0.25, -0.2) is 9.67 Å². The molecule has 0 aliphatic rings. The molecule has 1 N–H and O–H groups in total. The van der Waals surface area contributed by atoms with E-state index in [4.69, 9.17) is 0 Å². The number of alkyl halides is 3. The molecule has 1 amide bonds. The van der Waals surface area contributed by atoms with Crippen molar-refractivity contribution in [1.82, 2.24) is 19.2 Å². The summed E-state index contributed by atoms with van der Waals surface area (Å²) in [6.07, 6.45) is -1.13. The monoisotopic (exact) mass is 443 g/mol. The van der Waals surface area contributed by atoms with Gasteiger partial charge in [0, 0.05) is 23.5 Å². The minimum absolute atomic E-state index is 0.0838. The van der Waals surface area contributed by atoms with Crippen LogP contribution in [0.4, 0.5) is 18.9 Å². The fourth-order valence-electron chi connectivity index (χ4n) is 3.61. The number of rotatable bonds is 4. The van der Waals surface area contributed by atoms with Crippen LogP contribution >= 0.6 is 0 Å². The third kappa shape index (κ3) is 3.83. The maximum absolute atomic E-state index is 13.2. The highest BCUT2D eigenvalue weighted by Crippen LogP contribution is 2.32. The first kappa shape index (κ1) is 21.5. The normalized spacial score (nSPS) is 12.1. The number of benzene rings is 1. The van der Waals surface area contributed by atoms with E-state index < -0.39 is 23.2 Å². The van der Waals surface area contributed by atoms with Gasteiger partial charge in [-0.05, 0) is 43.2 Å². The number of halogens is 3. The van der Waals surface area contributed by atoms with E-state index >= 15 is 0 Å². The molecule has 0 atom stereocenters. The molecule has 32 heavy (non-hydrogen) atoms. The molecule has 4 aromatic rings. The second-order valence-electron chi connectivity index (χ2n) is 7.80. The first-order valence-corrected chi connectivity index (χ1v) is 9.90. The van der Waals surface area contributed by atoms with E-state index in [1.165, 1.54) is 0 Å². The van der Waals surface area contributed by atoms with Crippen molar-refractivity contribution in [3.05, 3.63) is 70.0 Å². The molecule has 10 heteroatoms. The molecule has 3 heterocycles. The van der Waals surface area contributed by atoms with Gasteiger partial charge < -0.3 is 9.72 Å². The number of anilines is 1. The highest BCUT2D eigenvalue weighted by atomic mass is 19.4. The van der Waals surface area contributed by atoms with Crippen LogP contribution in [0.2, 0.25) is 0 Å². The predicted molar refractivity (Wildman–Crippen MR) is 114 cm³/mol. The fraction of sp³-hybridized carbons (Fsp3) is 0.273.